The minimum Gasteiger partial charge on any atom is -0.381 e. The largest absolute Gasteiger partial charge is 0.381 e. The molecule has 0 aromatic rings. The molecule has 0 saturated carbocycles. The van der Waals surface area contributed by atoms with Crippen LogP contribution < -0.4 is 0 Å². The molecule has 0 spiro atoms. The topological polar surface area (TPSA) is 21.7 Å². The predicted octanol–water partition coefficient (Wildman–Crippen LogP) is 15.9. The van der Waals surface area contributed by atoms with Crippen molar-refractivity contribution >= 4 is 0 Å². The van der Waals surface area contributed by atoms with Crippen molar-refractivity contribution in [3.8, 4) is 0 Å². The van der Waals surface area contributed by atoms with E-state index in [0.29, 0.717) is 0 Å². The van der Waals surface area contributed by atoms with Crippen LogP contribution in [0.4, 0.5) is 0 Å². The molecule has 52 heavy (non-hydrogen) atoms. The van der Waals surface area contributed by atoms with Crippen molar-refractivity contribution in [2.75, 3.05) is 46.1 Å². The zero-order valence-electron chi connectivity index (χ0n) is 36.7. The molecule has 0 N–H and O–H groups in total. The smallest absolute Gasteiger partial charge is 0.0594 e. The van der Waals surface area contributed by atoms with Gasteiger partial charge in [0, 0.05) is 32.8 Å². The zero-order chi connectivity index (χ0) is 37.4. The Balaban J connectivity index is 2.23. The van der Waals surface area contributed by atoms with E-state index in [1.54, 1.807) is 0 Å². The molecule has 0 bridgehead atoms. The number of rotatable bonds is 42. The van der Waals surface area contributed by atoms with Gasteiger partial charge in [-0.15, -0.1) is 0 Å². The van der Waals surface area contributed by atoms with Gasteiger partial charge >= 0.3 is 0 Å². The quantitative estimate of drug-likeness (QED) is 0.0583. The first-order valence-electron chi connectivity index (χ1n) is 24.6. The summed E-state index contributed by atoms with van der Waals surface area (Å²) in [5.41, 5.74) is 0. The van der Waals surface area contributed by atoms with Crippen LogP contribution in [-0.4, -0.2) is 51.0 Å². The highest BCUT2D eigenvalue weighted by molar-refractivity contribution is 4.65. The molecule has 1 aliphatic rings. The highest BCUT2D eigenvalue weighted by Gasteiger charge is 2.13. The van der Waals surface area contributed by atoms with Crippen molar-refractivity contribution in [3.05, 3.63) is 0 Å². The standard InChI is InChI=1S/C49H99NO2/c1-5-9-23-32-47(33-24-10-6-2)36-27-19-15-13-17-21-29-38-49(46-52-43-31-40-50-41-44-51-45-42-50)39-30-22-18-14-16-20-28-37-48(34-25-11-7-3)35-26-12-8-4/h47-49H,5-46H2,1-4H3. The van der Waals surface area contributed by atoms with Gasteiger partial charge in [-0.1, -0.05) is 233 Å². The number of morpholine rings is 1. The third-order valence-corrected chi connectivity index (χ3v) is 12.5. The van der Waals surface area contributed by atoms with Gasteiger partial charge in [0.2, 0.25) is 0 Å². The van der Waals surface area contributed by atoms with Gasteiger partial charge in [0.1, 0.15) is 0 Å². The van der Waals surface area contributed by atoms with E-state index >= 15 is 0 Å². The Morgan fingerprint density at radius 1 is 0.385 bits per heavy atom. The SMILES string of the molecule is CCCCCC(CCCCC)CCCCCCCCCC(CCCCCCCCCC(CCCCC)CCCCC)COCCCN1CCOCC1. The Labute approximate surface area is 329 Å². The Morgan fingerprint density at radius 2 is 0.692 bits per heavy atom. The molecular formula is C49H99NO2. The fraction of sp³-hybridized carbons (Fsp3) is 1.00. The van der Waals surface area contributed by atoms with Crippen LogP contribution in [0.1, 0.15) is 252 Å². The van der Waals surface area contributed by atoms with Gasteiger partial charge < -0.3 is 9.47 Å². The van der Waals surface area contributed by atoms with Crippen molar-refractivity contribution < 1.29 is 9.47 Å². The highest BCUT2D eigenvalue weighted by Crippen LogP contribution is 2.26. The first kappa shape index (κ1) is 49.9. The molecule has 0 amide bonds. The summed E-state index contributed by atoms with van der Waals surface area (Å²) in [7, 11) is 0. The van der Waals surface area contributed by atoms with Gasteiger partial charge in [0.25, 0.3) is 0 Å². The maximum Gasteiger partial charge on any atom is 0.0594 e. The van der Waals surface area contributed by atoms with Crippen molar-refractivity contribution in [2.24, 2.45) is 17.8 Å². The second-order valence-electron chi connectivity index (χ2n) is 17.6. The number of hydrogen-bond acceptors (Lipinski definition) is 3. The number of unbranched alkanes of at least 4 members (excludes halogenated alkanes) is 20. The molecule has 312 valence electrons. The molecule has 1 saturated heterocycles. The number of ether oxygens (including phenoxy) is 2. The van der Waals surface area contributed by atoms with Gasteiger partial charge in [-0.3, -0.25) is 4.90 Å². The Bertz CT molecular complexity index is 602. The first-order valence-corrected chi connectivity index (χ1v) is 24.6. The van der Waals surface area contributed by atoms with Crippen LogP contribution in [-0.2, 0) is 9.47 Å². The lowest BCUT2D eigenvalue weighted by atomic mass is 9.90. The molecule has 1 fully saturated rings. The average molecular weight is 734 g/mol. The predicted molar refractivity (Wildman–Crippen MR) is 233 cm³/mol. The van der Waals surface area contributed by atoms with Crippen LogP contribution in [0.25, 0.3) is 0 Å². The molecule has 0 unspecified atom stereocenters. The van der Waals surface area contributed by atoms with E-state index in [-0.39, 0.29) is 0 Å². The van der Waals surface area contributed by atoms with Crippen LogP contribution in [0.15, 0.2) is 0 Å². The summed E-state index contributed by atoms with van der Waals surface area (Å²) >= 11 is 0. The first-order chi connectivity index (χ1) is 25.7. The third-order valence-electron chi connectivity index (χ3n) is 12.5. The summed E-state index contributed by atoms with van der Waals surface area (Å²) in [4.78, 5) is 2.55. The van der Waals surface area contributed by atoms with E-state index in [9.17, 15) is 0 Å². The highest BCUT2D eigenvalue weighted by atomic mass is 16.5. The summed E-state index contributed by atoms with van der Waals surface area (Å²) in [6, 6.07) is 0. The lowest BCUT2D eigenvalue weighted by Crippen LogP contribution is -2.37. The fourth-order valence-electron chi connectivity index (χ4n) is 8.87. The van der Waals surface area contributed by atoms with Gasteiger partial charge in [-0.05, 0) is 37.0 Å². The molecule has 1 rings (SSSR count). The zero-order valence-corrected chi connectivity index (χ0v) is 36.7. The Hall–Kier alpha value is -0.120. The van der Waals surface area contributed by atoms with E-state index in [0.717, 1.165) is 57.3 Å². The minimum absolute atomic E-state index is 0.776. The molecule has 1 aliphatic heterocycles. The molecule has 3 heteroatoms. The normalized spacial score (nSPS) is 14.1. The lowest BCUT2D eigenvalue weighted by Gasteiger charge is -2.26. The van der Waals surface area contributed by atoms with Gasteiger partial charge in [-0.25, -0.2) is 0 Å². The lowest BCUT2D eigenvalue weighted by molar-refractivity contribution is 0.0292. The van der Waals surface area contributed by atoms with Crippen LogP contribution in [0.2, 0.25) is 0 Å². The summed E-state index contributed by atoms with van der Waals surface area (Å²) in [5.74, 6) is 2.80. The molecular weight excluding hydrogens is 635 g/mol. The maximum atomic E-state index is 6.34. The van der Waals surface area contributed by atoms with Crippen molar-refractivity contribution in [1.82, 2.24) is 4.90 Å². The third kappa shape index (κ3) is 33.2. The second-order valence-corrected chi connectivity index (χ2v) is 17.6. The summed E-state index contributed by atoms with van der Waals surface area (Å²) < 4.78 is 11.9. The molecule has 3 nitrogen and oxygen atoms in total. The van der Waals surface area contributed by atoms with E-state index < -0.39 is 0 Å². The Morgan fingerprint density at radius 3 is 1.04 bits per heavy atom. The summed E-state index contributed by atoms with van der Waals surface area (Å²) in [6.45, 7) is 16.5. The van der Waals surface area contributed by atoms with E-state index in [1.165, 1.54) is 231 Å². The molecule has 0 aromatic heterocycles. The minimum atomic E-state index is 0.776. The van der Waals surface area contributed by atoms with E-state index in [4.69, 9.17) is 9.47 Å². The van der Waals surface area contributed by atoms with Crippen LogP contribution in [0.3, 0.4) is 0 Å². The second kappa shape index (κ2) is 40.5. The maximum absolute atomic E-state index is 6.34. The van der Waals surface area contributed by atoms with Crippen molar-refractivity contribution in [2.45, 2.75) is 252 Å². The molecule has 0 atom stereocenters. The van der Waals surface area contributed by atoms with Crippen molar-refractivity contribution in [1.29, 1.82) is 0 Å². The van der Waals surface area contributed by atoms with Crippen LogP contribution in [0, 0.1) is 17.8 Å². The number of hydrogen-bond donors (Lipinski definition) is 0. The average Bonchev–Trinajstić information content (AvgIpc) is 3.16. The fourth-order valence-corrected chi connectivity index (χ4v) is 8.87. The van der Waals surface area contributed by atoms with E-state index in [2.05, 4.69) is 32.6 Å². The molecule has 1 heterocycles. The summed E-state index contributed by atoms with van der Waals surface area (Å²) in [6.07, 6.45) is 50.3. The van der Waals surface area contributed by atoms with E-state index in [1.807, 2.05) is 0 Å². The van der Waals surface area contributed by atoms with Gasteiger partial charge in [0.15, 0.2) is 0 Å². The van der Waals surface area contributed by atoms with Gasteiger partial charge in [0.05, 0.1) is 13.2 Å². The summed E-state index contributed by atoms with van der Waals surface area (Å²) in [5, 5.41) is 0. The molecule has 0 aliphatic carbocycles. The monoisotopic (exact) mass is 734 g/mol. The van der Waals surface area contributed by atoms with Crippen molar-refractivity contribution in [3.63, 3.8) is 0 Å². The Kier molecular flexibility index (Phi) is 38.9. The number of nitrogens with zero attached hydrogens (tertiary/aromatic N) is 1. The van der Waals surface area contributed by atoms with Crippen LogP contribution >= 0.6 is 0 Å². The molecule has 0 radical (unpaired) electrons. The van der Waals surface area contributed by atoms with Gasteiger partial charge in [-0.2, -0.15) is 0 Å². The molecule has 0 aromatic carbocycles. The van der Waals surface area contributed by atoms with Crippen LogP contribution in [0.5, 0.6) is 0 Å².